The van der Waals surface area contributed by atoms with Gasteiger partial charge in [0.05, 0.1) is 0 Å². The summed E-state index contributed by atoms with van der Waals surface area (Å²) in [7, 11) is 0. The molecule has 0 aromatic rings. The summed E-state index contributed by atoms with van der Waals surface area (Å²) < 4.78 is 16.7. The van der Waals surface area contributed by atoms with Crippen LogP contribution in [0.2, 0.25) is 0 Å². The Hall–Kier alpha value is -2.11. The number of fused-ring (bicyclic) bond motifs is 1. The van der Waals surface area contributed by atoms with Crippen LogP contribution in [0.5, 0.6) is 0 Å². The van der Waals surface area contributed by atoms with Crippen LogP contribution in [-0.4, -0.2) is 36.5 Å². The number of allylic oxidation sites excluding steroid dienone is 2. The van der Waals surface area contributed by atoms with Crippen LogP contribution in [0.1, 0.15) is 59.3 Å². The van der Waals surface area contributed by atoms with Crippen LogP contribution in [0, 0.1) is 5.92 Å². The molecule has 0 bridgehead atoms. The Bertz CT molecular complexity index is 701. The Morgan fingerprint density at radius 3 is 2.38 bits per heavy atom. The fourth-order valence-corrected chi connectivity index (χ4v) is 4.18. The summed E-state index contributed by atoms with van der Waals surface area (Å²) in [6.45, 7) is 5.19. The quantitative estimate of drug-likeness (QED) is 0.565. The van der Waals surface area contributed by atoms with Crippen LogP contribution in [0.25, 0.3) is 0 Å². The maximum Gasteiger partial charge on any atom is 0.302 e. The predicted octanol–water partition coefficient (Wildman–Crippen LogP) is 3.01. The maximum atomic E-state index is 12.3. The van der Waals surface area contributed by atoms with Gasteiger partial charge in [-0.2, -0.15) is 0 Å². The number of rotatable bonds is 4. The molecule has 0 radical (unpaired) electrons. The highest BCUT2D eigenvalue weighted by Crippen LogP contribution is 2.49. The van der Waals surface area contributed by atoms with Crippen molar-refractivity contribution < 1.29 is 28.6 Å². The van der Waals surface area contributed by atoms with E-state index in [1.165, 1.54) is 13.8 Å². The van der Waals surface area contributed by atoms with E-state index in [2.05, 4.69) is 6.92 Å². The van der Waals surface area contributed by atoms with Gasteiger partial charge < -0.3 is 14.2 Å². The molecule has 0 amide bonds. The average Bonchev–Trinajstić information content (AvgIpc) is 2.56. The molecule has 0 aromatic heterocycles. The summed E-state index contributed by atoms with van der Waals surface area (Å²) in [6, 6.07) is 0. The zero-order chi connectivity index (χ0) is 18.9. The van der Waals surface area contributed by atoms with E-state index in [1.807, 2.05) is 0 Å². The predicted molar refractivity (Wildman–Crippen MR) is 93.0 cm³/mol. The third-order valence-corrected chi connectivity index (χ3v) is 5.61. The fraction of sp³-hybridized carbons (Fsp3) is 0.650. The summed E-state index contributed by atoms with van der Waals surface area (Å²) in [5.74, 6) is 0.504. The van der Waals surface area contributed by atoms with Crippen LogP contribution in [0.4, 0.5) is 0 Å². The molecule has 0 aromatic carbocycles. The van der Waals surface area contributed by atoms with E-state index in [9.17, 15) is 14.4 Å². The maximum absolute atomic E-state index is 12.3. The third kappa shape index (κ3) is 3.84. The molecule has 0 saturated heterocycles. The molecule has 6 heteroatoms. The second-order valence-electron chi connectivity index (χ2n) is 7.64. The van der Waals surface area contributed by atoms with Gasteiger partial charge >= 0.3 is 11.9 Å². The second kappa shape index (κ2) is 7.25. The molecule has 0 unspecified atom stereocenters. The summed E-state index contributed by atoms with van der Waals surface area (Å²) in [4.78, 5) is 34.7. The molecule has 0 N–H and O–H groups in total. The molecular formula is C20H26O6. The number of hydrogen-bond acceptors (Lipinski definition) is 6. The summed E-state index contributed by atoms with van der Waals surface area (Å²) in [5, 5.41) is 0. The zero-order valence-electron chi connectivity index (χ0n) is 15.7. The van der Waals surface area contributed by atoms with Crippen LogP contribution in [-0.2, 0) is 28.6 Å². The van der Waals surface area contributed by atoms with Crippen molar-refractivity contribution in [3.05, 3.63) is 22.5 Å². The Morgan fingerprint density at radius 2 is 1.73 bits per heavy atom. The van der Waals surface area contributed by atoms with Crippen molar-refractivity contribution in [3.8, 4) is 0 Å². The van der Waals surface area contributed by atoms with Gasteiger partial charge in [-0.1, -0.05) is 0 Å². The summed E-state index contributed by atoms with van der Waals surface area (Å²) in [5.41, 5.74) is 2.34. The van der Waals surface area contributed by atoms with Crippen LogP contribution < -0.4 is 0 Å². The number of carbonyl (C=O) groups is 3. The van der Waals surface area contributed by atoms with Gasteiger partial charge in [0.25, 0.3) is 0 Å². The monoisotopic (exact) mass is 362 g/mol. The minimum absolute atomic E-state index is 0.148. The van der Waals surface area contributed by atoms with Gasteiger partial charge in [0, 0.05) is 44.6 Å². The number of ketones is 1. The van der Waals surface area contributed by atoms with Gasteiger partial charge in [-0.3, -0.25) is 14.4 Å². The SMILES string of the molecule is CC(=O)OCC1=C(COC(C)=O)C[C@]2(C)OC3=C(C[C@@H]2C1)C(=O)CCC3. The fourth-order valence-electron chi connectivity index (χ4n) is 4.18. The number of esters is 2. The highest BCUT2D eigenvalue weighted by atomic mass is 16.5. The zero-order valence-corrected chi connectivity index (χ0v) is 15.7. The first kappa shape index (κ1) is 18.7. The summed E-state index contributed by atoms with van der Waals surface area (Å²) >= 11 is 0. The standard InChI is InChI=1S/C20H26O6/c1-12(21)24-10-14-7-16-8-17-18(23)5-4-6-19(17)26-20(16,3)9-15(14)11-25-13(2)22/h16H,4-11H2,1-3H3/t16-,20-/m0/s1. The summed E-state index contributed by atoms with van der Waals surface area (Å²) in [6.07, 6.45) is 4.23. The van der Waals surface area contributed by atoms with Gasteiger partial charge in [0.1, 0.15) is 24.6 Å². The molecule has 2 aliphatic carbocycles. The van der Waals surface area contributed by atoms with Gasteiger partial charge in [0.15, 0.2) is 5.78 Å². The van der Waals surface area contributed by atoms with Crippen molar-refractivity contribution in [2.24, 2.45) is 5.92 Å². The third-order valence-electron chi connectivity index (χ3n) is 5.61. The highest BCUT2D eigenvalue weighted by molar-refractivity contribution is 5.96. The number of ether oxygens (including phenoxy) is 3. The molecule has 6 nitrogen and oxygen atoms in total. The molecule has 1 aliphatic heterocycles. The Morgan fingerprint density at radius 1 is 1.08 bits per heavy atom. The van der Waals surface area contributed by atoms with Crippen molar-refractivity contribution in [3.63, 3.8) is 0 Å². The lowest BCUT2D eigenvalue weighted by Crippen LogP contribution is -2.46. The number of hydrogen-bond donors (Lipinski definition) is 0. The molecule has 1 heterocycles. The molecule has 142 valence electrons. The molecule has 0 spiro atoms. The highest BCUT2D eigenvalue weighted by Gasteiger charge is 2.47. The van der Waals surface area contributed by atoms with Crippen molar-refractivity contribution >= 4 is 17.7 Å². The van der Waals surface area contributed by atoms with Crippen molar-refractivity contribution in [2.45, 2.75) is 64.9 Å². The smallest absolute Gasteiger partial charge is 0.302 e. The molecule has 2 atom stereocenters. The van der Waals surface area contributed by atoms with Crippen LogP contribution in [0.3, 0.4) is 0 Å². The first-order valence-electron chi connectivity index (χ1n) is 9.19. The van der Waals surface area contributed by atoms with E-state index in [0.29, 0.717) is 25.7 Å². The lowest BCUT2D eigenvalue weighted by molar-refractivity contribution is -0.142. The first-order valence-corrected chi connectivity index (χ1v) is 9.19. The lowest BCUT2D eigenvalue weighted by atomic mass is 9.68. The molecule has 3 aliphatic rings. The number of carbonyl (C=O) groups excluding carboxylic acids is 3. The van der Waals surface area contributed by atoms with Crippen LogP contribution in [0.15, 0.2) is 22.5 Å². The largest absolute Gasteiger partial charge is 0.491 e. The van der Waals surface area contributed by atoms with Gasteiger partial charge in [-0.15, -0.1) is 0 Å². The minimum Gasteiger partial charge on any atom is -0.491 e. The molecular weight excluding hydrogens is 336 g/mol. The Labute approximate surface area is 153 Å². The molecule has 3 rings (SSSR count). The van der Waals surface area contributed by atoms with Crippen molar-refractivity contribution in [2.75, 3.05) is 13.2 Å². The Kier molecular flexibility index (Phi) is 5.21. The normalized spacial score (nSPS) is 28.1. The van der Waals surface area contributed by atoms with Crippen molar-refractivity contribution in [1.29, 1.82) is 0 Å². The van der Waals surface area contributed by atoms with Gasteiger partial charge in [0.2, 0.25) is 0 Å². The molecule has 0 saturated carbocycles. The Balaban J connectivity index is 1.84. The van der Waals surface area contributed by atoms with E-state index in [0.717, 1.165) is 35.3 Å². The lowest BCUT2D eigenvalue weighted by Gasteiger charge is -2.48. The number of Topliss-reactive ketones (excluding diaryl/α,β-unsaturated/α-hetero) is 1. The second-order valence-corrected chi connectivity index (χ2v) is 7.64. The first-order chi connectivity index (χ1) is 12.3. The van der Waals surface area contributed by atoms with E-state index in [4.69, 9.17) is 14.2 Å². The average molecular weight is 362 g/mol. The molecule has 26 heavy (non-hydrogen) atoms. The van der Waals surface area contributed by atoms with Gasteiger partial charge in [-0.25, -0.2) is 0 Å². The van der Waals surface area contributed by atoms with Crippen LogP contribution >= 0.6 is 0 Å². The van der Waals surface area contributed by atoms with E-state index in [-0.39, 0.29) is 36.9 Å². The van der Waals surface area contributed by atoms with E-state index in [1.54, 1.807) is 0 Å². The van der Waals surface area contributed by atoms with E-state index < -0.39 is 5.60 Å². The van der Waals surface area contributed by atoms with Gasteiger partial charge in [-0.05, 0) is 37.3 Å². The van der Waals surface area contributed by atoms with E-state index >= 15 is 0 Å². The van der Waals surface area contributed by atoms with Crippen molar-refractivity contribution in [1.82, 2.24) is 0 Å². The minimum atomic E-state index is -0.425. The molecule has 0 fully saturated rings. The topological polar surface area (TPSA) is 78.9 Å².